The van der Waals surface area contributed by atoms with E-state index in [1.54, 1.807) is 24.3 Å². The Labute approximate surface area is 155 Å². The van der Waals surface area contributed by atoms with Gasteiger partial charge in [-0.25, -0.2) is 0 Å². The van der Waals surface area contributed by atoms with E-state index in [-0.39, 0.29) is 11.8 Å². The second kappa shape index (κ2) is 10.4. The summed E-state index contributed by atoms with van der Waals surface area (Å²) in [7, 11) is 0. The van der Waals surface area contributed by atoms with Gasteiger partial charge in [-0.05, 0) is 63.0 Å². The van der Waals surface area contributed by atoms with Gasteiger partial charge in [-0.2, -0.15) is 0 Å². The van der Waals surface area contributed by atoms with E-state index in [0.29, 0.717) is 36.0 Å². The fraction of sp³-hybridized carbons (Fsp3) is 0.579. The maximum Gasteiger partial charge on any atom is 0.251 e. The van der Waals surface area contributed by atoms with Crippen LogP contribution in [0.3, 0.4) is 0 Å². The number of nitrogens with zero attached hydrogens (tertiary/aromatic N) is 1. The lowest BCUT2D eigenvalue weighted by Gasteiger charge is -2.34. The molecule has 6 heteroatoms. The standard InChI is InChI=1S/C19H28ClN3O2/c1-2-14-23(17-9-12-21-13-10-17)18(24)4-3-11-22-19(25)15-5-7-16(20)8-6-15/h5-8,17,21H,2-4,9-14H2,1H3,(H,22,25). The predicted molar refractivity (Wildman–Crippen MR) is 101 cm³/mol. The Morgan fingerprint density at radius 2 is 1.92 bits per heavy atom. The number of carbonyl (C=O) groups is 2. The van der Waals surface area contributed by atoms with Gasteiger partial charge in [0, 0.05) is 36.1 Å². The molecule has 1 aliphatic rings. The van der Waals surface area contributed by atoms with Gasteiger partial charge in [-0.3, -0.25) is 9.59 Å². The van der Waals surface area contributed by atoms with Crippen LogP contribution in [0.4, 0.5) is 0 Å². The average molecular weight is 366 g/mol. The molecule has 1 heterocycles. The quantitative estimate of drug-likeness (QED) is 0.696. The highest BCUT2D eigenvalue weighted by molar-refractivity contribution is 6.30. The first kappa shape index (κ1) is 19.7. The summed E-state index contributed by atoms with van der Waals surface area (Å²) in [6.07, 6.45) is 4.16. The van der Waals surface area contributed by atoms with Gasteiger partial charge in [0.1, 0.15) is 0 Å². The Hall–Kier alpha value is -1.59. The van der Waals surface area contributed by atoms with Crippen molar-refractivity contribution in [3.8, 4) is 0 Å². The van der Waals surface area contributed by atoms with Crippen molar-refractivity contribution >= 4 is 23.4 Å². The number of piperidine rings is 1. The second-order valence-corrected chi connectivity index (χ2v) is 6.87. The van der Waals surface area contributed by atoms with Gasteiger partial charge in [-0.15, -0.1) is 0 Å². The van der Waals surface area contributed by atoms with Crippen molar-refractivity contribution in [2.75, 3.05) is 26.2 Å². The first-order valence-electron chi connectivity index (χ1n) is 9.15. The number of hydrogen-bond donors (Lipinski definition) is 2. The zero-order valence-corrected chi connectivity index (χ0v) is 15.6. The summed E-state index contributed by atoms with van der Waals surface area (Å²) in [5.41, 5.74) is 0.582. The van der Waals surface area contributed by atoms with Crippen molar-refractivity contribution in [1.29, 1.82) is 0 Å². The zero-order chi connectivity index (χ0) is 18.1. The number of hydrogen-bond acceptors (Lipinski definition) is 3. The van der Waals surface area contributed by atoms with Crippen LogP contribution in [0.25, 0.3) is 0 Å². The number of amides is 2. The van der Waals surface area contributed by atoms with Crippen LogP contribution in [-0.4, -0.2) is 48.9 Å². The molecular formula is C19H28ClN3O2. The van der Waals surface area contributed by atoms with E-state index in [9.17, 15) is 9.59 Å². The maximum atomic E-state index is 12.6. The molecule has 2 N–H and O–H groups in total. The second-order valence-electron chi connectivity index (χ2n) is 6.43. The molecule has 1 fully saturated rings. The summed E-state index contributed by atoms with van der Waals surface area (Å²) in [5, 5.41) is 6.81. The molecule has 2 rings (SSSR count). The van der Waals surface area contributed by atoms with E-state index in [1.807, 2.05) is 4.90 Å². The molecule has 2 amide bonds. The molecule has 138 valence electrons. The van der Waals surface area contributed by atoms with Gasteiger partial charge >= 0.3 is 0 Å². The lowest BCUT2D eigenvalue weighted by atomic mass is 10.0. The van der Waals surface area contributed by atoms with E-state index >= 15 is 0 Å². The number of carbonyl (C=O) groups excluding carboxylic acids is 2. The van der Waals surface area contributed by atoms with E-state index in [2.05, 4.69) is 17.6 Å². The van der Waals surface area contributed by atoms with Crippen molar-refractivity contribution in [1.82, 2.24) is 15.5 Å². The Morgan fingerprint density at radius 3 is 2.56 bits per heavy atom. The number of halogens is 1. The van der Waals surface area contributed by atoms with Crippen LogP contribution in [0.2, 0.25) is 5.02 Å². The van der Waals surface area contributed by atoms with Gasteiger partial charge in [0.15, 0.2) is 0 Å². The van der Waals surface area contributed by atoms with Crippen LogP contribution in [0, 0.1) is 0 Å². The zero-order valence-electron chi connectivity index (χ0n) is 14.9. The van der Waals surface area contributed by atoms with Gasteiger partial charge in [0.25, 0.3) is 5.91 Å². The highest BCUT2D eigenvalue weighted by Gasteiger charge is 2.24. The number of rotatable bonds is 8. The van der Waals surface area contributed by atoms with Crippen LogP contribution in [0.15, 0.2) is 24.3 Å². The van der Waals surface area contributed by atoms with Crippen LogP contribution in [-0.2, 0) is 4.79 Å². The summed E-state index contributed by atoms with van der Waals surface area (Å²) in [6.45, 7) is 5.39. The summed E-state index contributed by atoms with van der Waals surface area (Å²) in [5.74, 6) is 0.0716. The van der Waals surface area contributed by atoms with Crippen molar-refractivity contribution in [3.63, 3.8) is 0 Å². The third-order valence-electron chi connectivity index (χ3n) is 4.49. The van der Waals surface area contributed by atoms with Gasteiger partial charge in [-0.1, -0.05) is 18.5 Å². The molecule has 0 spiro atoms. The third kappa shape index (κ3) is 6.33. The molecule has 0 saturated carbocycles. The Bertz CT molecular complexity index is 556. The molecule has 0 unspecified atom stereocenters. The minimum Gasteiger partial charge on any atom is -0.352 e. The summed E-state index contributed by atoms with van der Waals surface area (Å²) < 4.78 is 0. The molecule has 1 aromatic carbocycles. The molecule has 0 aromatic heterocycles. The summed E-state index contributed by atoms with van der Waals surface area (Å²) >= 11 is 5.82. The largest absolute Gasteiger partial charge is 0.352 e. The van der Waals surface area contributed by atoms with Crippen molar-refractivity contribution in [2.24, 2.45) is 0 Å². The lowest BCUT2D eigenvalue weighted by Crippen LogP contribution is -2.46. The van der Waals surface area contributed by atoms with Crippen LogP contribution in [0.1, 0.15) is 49.4 Å². The monoisotopic (exact) mass is 365 g/mol. The molecule has 0 atom stereocenters. The number of nitrogens with one attached hydrogen (secondary N) is 2. The van der Waals surface area contributed by atoms with E-state index in [1.165, 1.54) is 0 Å². The number of benzene rings is 1. The molecule has 1 aromatic rings. The smallest absolute Gasteiger partial charge is 0.251 e. The highest BCUT2D eigenvalue weighted by Crippen LogP contribution is 2.14. The molecular weight excluding hydrogens is 338 g/mol. The van der Waals surface area contributed by atoms with Crippen LogP contribution >= 0.6 is 11.6 Å². The first-order chi connectivity index (χ1) is 12.1. The molecule has 0 radical (unpaired) electrons. The fourth-order valence-electron chi connectivity index (χ4n) is 3.16. The van der Waals surface area contributed by atoms with Crippen molar-refractivity contribution < 1.29 is 9.59 Å². The first-order valence-corrected chi connectivity index (χ1v) is 9.53. The van der Waals surface area contributed by atoms with Crippen LogP contribution in [0.5, 0.6) is 0 Å². The third-order valence-corrected chi connectivity index (χ3v) is 4.75. The molecule has 1 aliphatic heterocycles. The van der Waals surface area contributed by atoms with Gasteiger partial charge in [0.2, 0.25) is 5.91 Å². The van der Waals surface area contributed by atoms with E-state index < -0.39 is 0 Å². The fourth-order valence-corrected chi connectivity index (χ4v) is 3.28. The summed E-state index contributed by atoms with van der Waals surface area (Å²) in [6, 6.07) is 7.15. The van der Waals surface area contributed by atoms with E-state index in [0.717, 1.165) is 38.9 Å². The molecule has 1 saturated heterocycles. The minimum atomic E-state index is -0.132. The normalized spacial score (nSPS) is 15.0. The topological polar surface area (TPSA) is 61.4 Å². The van der Waals surface area contributed by atoms with Gasteiger partial charge in [0.05, 0.1) is 0 Å². The van der Waals surface area contributed by atoms with Crippen molar-refractivity contribution in [3.05, 3.63) is 34.9 Å². The average Bonchev–Trinajstić information content (AvgIpc) is 2.64. The molecule has 0 aliphatic carbocycles. The molecule has 25 heavy (non-hydrogen) atoms. The minimum absolute atomic E-state index is 0.132. The van der Waals surface area contributed by atoms with E-state index in [4.69, 9.17) is 11.6 Å². The Kier molecular flexibility index (Phi) is 8.22. The summed E-state index contributed by atoms with van der Waals surface area (Å²) in [4.78, 5) is 26.6. The van der Waals surface area contributed by atoms with Gasteiger partial charge < -0.3 is 15.5 Å². The van der Waals surface area contributed by atoms with Crippen LogP contribution < -0.4 is 10.6 Å². The predicted octanol–water partition coefficient (Wildman–Crippen LogP) is 2.84. The lowest BCUT2D eigenvalue weighted by molar-refractivity contribution is -0.134. The highest BCUT2D eigenvalue weighted by atomic mass is 35.5. The van der Waals surface area contributed by atoms with Crippen molar-refractivity contribution in [2.45, 2.75) is 45.1 Å². The Morgan fingerprint density at radius 1 is 1.24 bits per heavy atom. The maximum absolute atomic E-state index is 12.6. The Balaban J connectivity index is 1.74. The molecule has 5 nitrogen and oxygen atoms in total. The molecule has 0 bridgehead atoms. The SMILES string of the molecule is CCCN(C(=O)CCCNC(=O)c1ccc(Cl)cc1)C1CCNCC1.